The highest BCUT2D eigenvalue weighted by Crippen LogP contribution is 2.41. The van der Waals surface area contributed by atoms with Gasteiger partial charge in [-0.1, -0.05) is 42.5 Å². The zero-order valence-electron chi connectivity index (χ0n) is 19.3. The Balaban J connectivity index is 1.28. The van der Waals surface area contributed by atoms with Crippen LogP contribution in [-0.4, -0.2) is 83.3 Å². The van der Waals surface area contributed by atoms with Crippen LogP contribution in [0.2, 0.25) is 0 Å². The summed E-state index contributed by atoms with van der Waals surface area (Å²) < 4.78 is 0. The Morgan fingerprint density at radius 3 is 2.30 bits per heavy atom. The van der Waals surface area contributed by atoms with Gasteiger partial charge in [0.05, 0.1) is 11.6 Å². The zero-order valence-corrected chi connectivity index (χ0v) is 19.3. The number of nitrogens with zero attached hydrogens (tertiary/aromatic N) is 5. The molecule has 3 aliphatic rings. The molecule has 2 aliphatic heterocycles. The van der Waals surface area contributed by atoms with E-state index in [1.807, 2.05) is 18.2 Å². The summed E-state index contributed by atoms with van der Waals surface area (Å²) >= 11 is 0. The van der Waals surface area contributed by atoms with E-state index >= 15 is 0 Å². The minimum Gasteiger partial charge on any atom is -0.391 e. The van der Waals surface area contributed by atoms with Crippen molar-refractivity contribution in [2.24, 2.45) is 11.8 Å². The predicted octanol–water partition coefficient (Wildman–Crippen LogP) is 3.12. The predicted molar refractivity (Wildman–Crippen MR) is 132 cm³/mol. The first kappa shape index (κ1) is 21.0. The van der Waals surface area contributed by atoms with Gasteiger partial charge in [0.1, 0.15) is 5.82 Å². The first-order valence-electron chi connectivity index (χ1n) is 12.3. The summed E-state index contributed by atoms with van der Waals surface area (Å²) in [5, 5.41) is 12.2. The van der Waals surface area contributed by atoms with E-state index in [9.17, 15) is 5.11 Å². The number of para-hydroxylation sites is 1. The second-order valence-corrected chi connectivity index (χ2v) is 10.1. The molecule has 172 valence electrons. The number of aromatic nitrogens is 2. The van der Waals surface area contributed by atoms with Gasteiger partial charge >= 0.3 is 0 Å². The average Bonchev–Trinajstić information content (AvgIpc) is 3.26. The quantitative estimate of drug-likeness (QED) is 0.671. The summed E-state index contributed by atoms with van der Waals surface area (Å²) in [6, 6.07) is 18.9. The summed E-state index contributed by atoms with van der Waals surface area (Å²) in [5.74, 6) is 2.96. The second-order valence-electron chi connectivity index (χ2n) is 10.1. The molecule has 1 aliphatic carbocycles. The Hall–Kier alpha value is -2.54. The lowest BCUT2D eigenvalue weighted by molar-refractivity contribution is -0.0249. The van der Waals surface area contributed by atoms with Gasteiger partial charge in [-0.05, 0) is 43.9 Å². The van der Waals surface area contributed by atoms with Crippen LogP contribution in [0, 0.1) is 11.8 Å². The van der Waals surface area contributed by atoms with E-state index < -0.39 is 0 Å². The van der Waals surface area contributed by atoms with E-state index in [4.69, 9.17) is 9.97 Å². The number of hydrogen-bond donors (Lipinski definition) is 1. The molecule has 3 heterocycles. The van der Waals surface area contributed by atoms with E-state index in [2.05, 4.69) is 58.1 Å². The molecule has 3 fully saturated rings. The van der Waals surface area contributed by atoms with E-state index in [1.54, 1.807) is 0 Å². The van der Waals surface area contributed by atoms with E-state index in [0.29, 0.717) is 17.9 Å². The Morgan fingerprint density at radius 2 is 1.52 bits per heavy atom. The molecule has 0 spiro atoms. The molecule has 6 rings (SSSR count). The molecule has 1 aromatic heterocycles. The number of anilines is 1. The fourth-order valence-electron chi connectivity index (χ4n) is 6.14. The maximum Gasteiger partial charge on any atom is 0.162 e. The molecule has 4 atom stereocenters. The number of aliphatic hydroxyl groups is 1. The van der Waals surface area contributed by atoms with Crippen LogP contribution in [0.1, 0.15) is 12.8 Å². The molecular formula is C27H33N5O. The number of hydrogen-bond acceptors (Lipinski definition) is 6. The lowest BCUT2D eigenvalue weighted by Crippen LogP contribution is -2.55. The lowest BCUT2D eigenvalue weighted by atomic mass is 9.77. The number of rotatable bonds is 3. The number of piperazine rings is 1. The van der Waals surface area contributed by atoms with Gasteiger partial charge in [0.15, 0.2) is 5.82 Å². The van der Waals surface area contributed by atoms with Gasteiger partial charge in [0.2, 0.25) is 0 Å². The molecule has 3 aromatic rings. The average molecular weight is 444 g/mol. The third-order valence-electron chi connectivity index (χ3n) is 8.03. The van der Waals surface area contributed by atoms with Crippen molar-refractivity contribution < 1.29 is 5.11 Å². The van der Waals surface area contributed by atoms with Gasteiger partial charge in [-0.2, -0.15) is 0 Å². The molecule has 6 nitrogen and oxygen atoms in total. The number of fused-ring (bicyclic) bond motifs is 2. The molecular weight excluding hydrogens is 410 g/mol. The fraction of sp³-hybridized carbons (Fsp3) is 0.481. The summed E-state index contributed by atoms with van der Waals surface area (Å²) in [4.78, 5) is 17.3. The van der Waals surface area contributed by atoms with Crippen molar-refractivity contribution in [1.82, 2.24) is 19.8 Å². The van der Waals surface area contributed by atoms with Crippen LogP contribution >= 0.6 is 0 Å². The van der Waals surface area contributed by atoms with Crippen molar-refractivity contribution in [1.29, 1.82) is 0 Å². The van der Waals surface area contributed by atoms with Gasteiger partial charge in [-0.25, -0.2) is 9.97 Å². The summed E-state index contributed by atoms with van der Waals surface area (Å²) in [6.45, 7) is 6.30. The number of likely N-dealkylation sites (N-methyl/N-ethyl adjacent to an activating group) is 1. The third-order valence-corrected chi connectivity index (χ3v) is 8.03. The zero-order chi connectivity index (χ0) is 22.4. The molecule has 6 heteroatoms. The highest BCUT2D eigenvalue weighted by molar-refractivity contribution is 5.91. The first-order valence-corrected chi connectivity index (χ1v) is 12.3. The third kappa shape index (κ3) is 4.01. The Kier molecular flexibility index (Phi) is 5.52. The minimum atomic E-state index is -0.225. The lowest BCUT2D eigenvalue weighted by Gasteiger charge is -2.44. The summed E-state index contributed by atoms with van der Waals surface area (Å²) in [7, 11) is 2.19. The molecule has 2 saturated heterocycles. The van der Waals surface area contributed by atoms with Gasteiger partial charge in [-0.3, -0.25) is 4.90 Å². The topological polar surface area (TPSA) is 55.7 Å². The van der Waals surface area contributed by atoms with Gasteiger partial charge in [0, 0.05) is 56.3 Å². The van der Waals surface area contributed by atoms with Crippen LogP contribution < -0.4 is 4.90 Å². The maximum atomic E-state index is 11.1. The molecule has 2 aromatic carbocycles. The van der Waals surface area contributed by atoms with Crippen molar-refractivity contribution in [2.75, 3.05) is 51.2 Å². The van der Waals surface area contributed by atoms with Crippen molar-refractivity contribution in [3.8, 4) is 11.4 Å². The molecule has 1 N–H and O–H groups in total. The van der Waals surface area contributed by atoms with Crippen LogP contribution in [0.5, 0.6) is 0 Å². The number of benzene rings is 2. The Labute approximate surface area is 195 Å². The van der Waals surface area contributed by atoms with E-state index in [1.165, 1.54) is 0 Å². The highest BCUT2D eigenvalue weighted by Gasteiger charge is 2.44. The molecule has 1 saturated carbocycles. The Morgan fingerprint density at radius 1 is 0.818 bits per heavy atom. The normalized spacial score (nSPS) is 28.8. The summed E-state index contributed by atoms with van der Waals surface area (Å²) in [6.07, 6.45) is 1.75. The van der Waals surface area contributed by atoms with Crippen LogP contribution in [0.25, 0.3) is 22.3 Å². The minimum absolute atomic E-state index is 0.225. The highest BCUT2D eigenvalue weighted by atomic mass is 16.3. The monoisotopic (exact) mass is 443 g/mol. The van der Waals surface area contributed by atoms with Crippen LogP contribution in [0.15, 0.2) is 54.6 Å². The second kappa shape index (κ2) is 8.67. The van der Waals surface area contributed by atoms with Crippen LogP contribution in [0.4, 0.5) is 5.82 Å². The van der Waals surface area contributed by atoms with Crippen molar-refractivity contribution in [2.45, 2.75) is 25.0 Å². The largest absolute Gasteiger partial charge is 0.391 e. The van der Waals surface area contributed by atoms with Crippen LogP contribution in [0.3, 0.4) is 0 Å². The van der Waals surface area contributed by atoms with Crippen molar-refractivity contribution in [3.63, 3.8) is 0 Å². The maximum absolute atomic E-state index is 11.1. The van der Waals surface area contributed by atoms with Crippen LogP contribution in [-0.2, 0) is 0 Å². The molecule has 0 amide bonds. The first-order chi connectivity index (χ1) is 16.2. The van der Waals surface area contributed by atoms with Crippen molar-refractivity contribution in [3.05, 3.63) is 54.6 Å². The molecule has 33 heavy (non-hydrogen) atoms. The van der Waals surface area contributed by atoms with Crippen molar-refractivity contribution >= 4 is 16.7 Å². The van der Waals surface area contributed by atoms with E-state index in [-0.39, 0.29) is 6.10 Å². The van der Waals surface area contributed by atoms with E-state index in [0.717, 1.165) is 80.2 Å². The van der Waals surface area contributed by atoms with Gasteiger partial charge in [0.25, 0.3) is 0 Å². The summed E-state index contributed by atoms with van der Waals surface area (Å²) in [5.41, 5.74) is 2.04. The fourth-order valence-corrected chi connectivity index (χ4v) is 6.14. The molecule has 0 bridgehead atoms. The Bertz CT molecular complexity index is 1110. The molecule has 0 radical (unpaired) electrons. The standard InChI is InChI=1S/C27H33N5O/c1-30-11-13-31(14-12-30)24-15-20-17-32(18-21(20)16-25(24)33)27-22-9-5-6-10-23(22)28-26(29-27)19-7-3-2-4-8-19/h2-10,20-21,24-25,33H,11-18H2,1H3/t20-,21+,24-,25-/m1/s1. The van der Waals surface area contributed by atoms with Gasteiger partial charge < -0.3 is 14.9 Å². The number of aliphatic hydroxyl groups excluding tert-OH is 1. The SMILES string of the molecule is CN1CCN([C@@H]2C[C@@H]3CN(c4nc(-c5ccccc5)nc5ccccc45)C[C@@H]3C[C@H]2O)CC1. The van der Waals surface area contributed by atoms with Gasteiger partial charge in [-0.15, -0.1) is 0 Å². The molecule has 0 unspecified atom stereocenters. The smallest absolute Gasteiger partial charge is 0.162 e.